The topological polar surface area (TPSA) is 20.3 Å². The third kappa shape index (κ3) is 3.20. The summed E-state index contributed by atoms with van der Waals surface area (Å²) in [5.74, 6) is 1.74. The Bertz CT molecular complexity index is 427. The number of aryl methyl sites for hydroxylation is 1. The first-order valence-electron chi connectivity index (χ1n) is 6.88. The third-order valence-electron chi connectivity index (χ3n) is 4.13. The van der Waals surface area contributed by atoms with Crippen molar-refractivity contribution in [3.05, 3.63) is 35.4 Å². The summed E-state index contributed by atoms with van der Waals surface area (Å²) in [5, 5.41) is 0. The predicted molar refractivity (Wildman–Crippen MR) is 74.9 cm³/mol. The molecule has 1 aliphatic rings. The number of likely N-dealkylation sites (tertiary alicyclic amines) is 1. The number of hydrogen-bond acceptors (Lipinski definition) is 2. The second-order valence-corrected chi connectivity index (χ2v) is 5.77. The highest BCUT2D eigenvalue weighted by Gasteiger charge is 2.24. The van der Waals surface area contributed by atoms with E-state index in [0.29, 0.717) is 12.5 Å². The standard InChI is InChI=1S/C16H23NO/c1-12-5-4-6-15(9-12)16(18)11-17-8-7-13(2)14(3)10-17/h4-6,9,13-14H,7-8,10-11H2,1-3H3. The van der Waals surface area contributed by atoms with Crippen LogP contribution in [0.2, 0.25) is 0 Å². The molecule has 0 saturated carbocycles. The molecule has 0 aromatic heterocycles. The Morgan fingerprint density at radius 1 is 1.33 bits per heavy atom. The second-order valence-electron chi connectivity index (χ2n) is 5.77. The Hall–Kier alpha value is -1.15. The number of carbonyl (C=O) groups is 1. The predicted octanol–water partition coefficient (Wildman–Crippen LogP) is 3.16. The molecular formula is C16H23NO. The Morgan fingerprint density at radius 2 is 2.11 bits per heavy atom. The van der Waals surface area contributed by atoms with Gasteiger partial charge in [-0.3, -0.25) is 9.69 Å². The summed E-state index contributed by atoms with van der Waals surface area (Å²) in [6, 6.07) is 7.90. The normalized spacial score (nSPS) is 25.1. The van der Waals surface area contributed by atoms with Gasteiger partial charge in [0.05, 0.1) is 6.54 Å². The quantitative estimate of drug-likeness (QED) is 0.762. The third-order valence-corrected chi connectivity index (χ3v) is 4.13. The molecule has 98 valence electrons. The maximum Gasteiger partial charge on any atom is 0.176 e. The number of carbonyl (C=O) groups excluding carboxylic acids is 1. The lowest BCUT2D eigenvalue weighted by molar-refractivity contribution is 0.0849. The SMILES string of the molecule is Cc1cccc(C(=O)CN2CCC(C)C(C)C2)c1. The van der Waals surface area contributed by atoms with Crippen molar-refractivity contribution in [2.45, 2.75) is 27.2 Å². The lowest BCUT2D eigenvalue weighted by atomic mass is 9.88. The lowest BCUT2D eigenvalue weighted by Crippen LogP contribution is -2.41. The van der Waals surface area contributed by atoms with Crippen LogP contribution in [0.1, 0.15) is 36.2 Å². The molecule has 1 saturated heterocycles. The molecule has 0 amide bonds. The highest BCUT2D eigenvalue weighted by Crippen LogP contribution is 2.22. The van der Waals surface area contributed by atoms with Crippen molar-refractivity contribution in [1.82, 2.24) is 4.90 Å². The fourth-order valence-electron chi connectivity index (χ4n) is 2.61. The van der Waals surface area contributed by atoms with E-state index in [1.54, 1.807) is 0 Å². The minimum atomic E-state index is 0.250. The van der Waals surface area contributed by atoms with Gasteiger partial charge in [0, 0.05) is 12.1 Å². The minimum absolute atomic E-state index is 0.250. The van der Waals surface area contributed by atoms with Gasteiger partial charge in [0.1, 0.15) is 0 Å². The van der Waals surface area contributed by atoms with Crippen LogP contribution in [0.4, 0.5) is 0 Å². The molecule has 1 aliphatic heterocycles. The summed E-state index contributed by atoms with van der Waals surface area (Å²) in [6.07, 6.45) is 1.21. The Balaban J connectivity index is 1.96. The summed E-state index contributed by atoms with van der Waals surface area (Å²) in [7, 11) is 0. The molecule has 0 bridgehead atoms. The van der Waals surface area contributed by atoms with Gasteiger partial charge in [-0.25, -0.2) is 0 Å². The zero-order chi connectivity index (χ0) is 13.1. The number of ketones is 1. The van der Waals surface area contributed by atoms with Crippen molar-refractivity contribution in [2.75, 3.05) is 19.6 Å². The monoisotopic (exact) mass is 245 g/mol. The van der Waals surface area contributed by atoms with E-state index < -0.39 is 0 Å². The summed E-state index contributed by atoms with van der Waals surface area (Å²) < 4.78 is 0. The average molecular weight is 245 g/mol. The Kier molecular flexibility index (Phi) is 4.18. The lowest BCUT2D eigenvalue weighted by Gasteiger charge is -2.34. The summed E-state index contributed by atoms with van der Waals surface area (Å²) in [6.45, 7) is 9.31. The largest absolute Gasteiger partial charge is 0.296 e. The number of hydrogen-bond donors (Lipinski definition) is 0. The molecule has 2 rings (SSSR count). The summed E-state index contributed by atoms with van der Waals surface area (Å²) >= 11 is 0. The van der Waals surface area contributed by atoms with E-state index in [4.69, 9.17) is 0 Å². The molecule has 2 nitrogen and oxygen atoms in total. The molecule has 18 heavy (non-hydrogen) atoms. The minimum Gasteiger partial charge on any atom is -0.296 e. The van der Waals surface area contributed by atoms with Gasteiger partial charge in [-0.05, 0) is 37.8 Å². The van der Waals surface area contributed by atoms with E-state index in [1.165, 1.54) is 6.42 Å². The van der Waals surface area contributed by atoms with Crippen LogP contribution in [0.3, 0.4) is 0 Å². The van der Waals surface area contributed by atoms with Crippen LogP contribution in [0.25, 0.3) is 0 Å². The Morgan fingerprint density at radius 3 is 2.78 bits per heavy atom. The van der Waals surface area contributed by atoms with Crippen LogP contribution in [0, 0.1) is 18.8 Å². The smallest absolute Gasteiger partial charge is 0.176 e. The zero-order valence-corrected chi connectivity index (χ0v) is 11.6. The maximum atomic E-state index is 12.2. The first-order valence-corrected chi connectivity index (χ1v) is 6.88. The summed E-state index contributed by atoms with van der Waals surface area (Å²) in [4.78, 5) is 14.5. The summed E-state index contributed by atoms with van der Waals surface area (Å²) in [5.41, 5.74) is 2.00. The van der Waals surface area contributed by atoms with E-state index >= 15 is 0 Å². The van der Waals surface area contributed by atoms with Crippen molar-refractivity contribution < 1.29 is 4.79 Å². The molecule has 1 fully saturated rings. The van der Waals surface area contributed by atoms with E-state index in [-0.39, 0.29) is 5.78 Å². The average Bonchev–Trinajstić information content (AvgIpc) is 2.34. The van der Waals surface area contributed by atoms with Gasteiger partial charge in [0.2, 0.25) is 0 Å². The van der Waals surface area contributed by atoms with Crippen LogP contribution >= 0.6 is 0 Å². The molecule has 0 radical (unpaired) electrons. The number of piperidine rings is 1. The van der Waals surface area contributed by atoms with Crippen molar-refractivity contribution in [3.63, 3.8) is 0 Å². The highest BCUT2D eigenvalue weighted by molar-refractivity contribution is 5.97. The van der Waals surface area contributed by atoms with Gasteiger partial charge in [-0.2, -0.15) is 0 Å². The van der Waals surface area contributed by atoms with E-state index in [2.05, 4.69) is 18.7 Å². The number of Topliss-reactive ketones (excluding diaryl/α,β-unsaturated/α-hetero) is 1. The van der Waals surface area contributed by atoms with Gasteiger partial charge in [-0.15, -0.1) is 0 Å². The first kappa shape index (κ1) is 13.3. The van der Waals surface area contributed by atoms with Gasteiger partial charge >= 0.3 is 0 Å². The van der Waals surface area contributed by atoms with Gasteiger partial charge in [0.15, 0.2) is 5.78 Å². The van der Waals surface area contributed by atoms with Crippen molar-refractivity contribution >= 4 is 5.78 Å². The second kappa shape index (κ2) is 5.66. The van der Waals surface area contributed by atoms with Crippen LogP contribution in [0.15, 0.2) is 24.3 Å². The fourth-order valence-corrected chi connectivity index (χ4v) is 2.61. The first-order chi connectivity index (χ1) is 8.56. The van der Waals surface area contributed by atoms with Crippen LogP contribution < -0.4 is 0 Å². The van der Waals surface area contributed by atoms with Crippen molar-refractivity contribution in [1.29, 1.82) is 0 Å². The molecule has 2 atom stereocenters. The molecule has 2 unspecified atom stereocenters. The Labute approximate surface area is 110 Å². The molecule has 1 aromatic carbocycles. The molecule has 1 heterocycles. The van der Waals surface area contributed by atoms with Crippen LogP contribution in [-0.4, -0.2) is 30.3 Å². The van der Waals surface area contributed by atoms with Gasteiger partial charge < -0.3 is 0 Å². The van der Waals surface area contributed by atoms with Crippen molar-refractivity contribution in [2.24, 2.45) is 11.8 Å². The number of rotatable bonds is 3. The molecule has 0 spiro atoms. The maximum absolute atomic E-state index is 12.2. The van der Waals surface area contributed by atoms with Crippen LogP contribution in [-0.2, 0) is 0 Å². The molecule has 0 aliphatic carbocycles. The molecule has 0 N–H and O–H groups in total. The number of benzene rings is 1. The molecule has 1 aromatic rings. The van der Waals surface area contributed by atoms with Crippen LogP contribution in [0.5, 0.6) is 0 Å². The van der Waals surface area contributed by atoms with Crippen molar-refractivity contribution in [3.8, 4) is 0 Å². The molecular weight excluding hydrogens is 222 g/mol. The fraction of sp³-hybridized carbons (Fsp3) is 0.562. The van der Waals surface area contributed by atoms with E-state index in [0.717, 1.165) is 30.1 Å². The van der Waals surface area contributed by atoms with Gasteiger partial charge in [0.25, 0.3) is 0 Å². The number of nitrogens with zero attached hydrogens (tertiary/aromatic N) is 1. The molecule has 2 heteroatoms. The highest BCUT2D eigenvalue weighted by atomic mass is 16.1. The van der Waals surface area contributed by atoms with E-state index in [1.807, 2.05) is 31.2 Å². The van der Waals surface area contributed by atoms with E-state index in [9.17, 15) is 4.79 Å². The zero-order valence-electron chi connectivity index (χ0n) is 11.6. The van der Waals surface area contributed by atoms with Gasteiger partial charge in [-0.1, -0.05) is 37.6 Å².